The molecule has 1 N–H and O–H groups in total. The third-order valence-electron chi connectivity index (χ3n) is 8.01. The second kappa shape index (κ2) is 12.3. The van der Waals surface area contributed by atoms with Crippen LogP contribution in [0.5, 0.6) is 5.75 Å². The number of para-hydroxylation sites is 2. The zero-order valence-corrected chi connectivity index (χ0v) is 27.6. The van der Waals surface area contributed by atoms with E-state index < -0.39 is 0 Å². The maximum atomic E-state index is 11.2. The van der Waals surface area contributed by atoms with Gasteiger partial charge in [0.05, 0.1) is 16.6 Å². The van der Waals surface area contributed by atoms with Gasteiger partial charge in [-0.15, -0.1) is 29.3 Å². The fraction of sp³-hybridized carbons (Fsp3) is 0.100. The van der Waals surface area contributed by atoms with Crippen LogP contribution in [0.4, 0.5) is 0 Å². The Morgan fingerprint density at radius 2 is 1.38 bits per heavy atom. The molecule has 5 heteroatoms. The Labute approximate surface area is 278 Å². The molecular weight excluding hydrogens is 734 g/mol. The van der Waals surface area contributed by atoms with Gasteiger partial charge in [0.25, 0.3) is 0 Å². The van der Waals surface area contributed by atoms with E-state index in [0.717, 1.165) is 50.2 Å². The minimum absolute atomic E-state index is 0. The number of aromatic hydroxyl groups is 1. The van der Waals surface area contributed by atoms with Gasteiger partial charge in [-0.2, -0.15) is 0 Å². The van der Waals surface area contributed by atoms with Crippen molar-refractivity contribution in [2.24, 2.45) is 0 Å². The molecule has 0 aliphatic carbocycles. The molecule has 0 saturated heterocycles. The van der Waals surface area contributed by atoms with Gasteiger partial charge in [0.1, 0.15) is 11.6 Å². The smallest absolute Gasteiger partial charge is 0.148 e. The zero-order valence-electron chi connectivity index (χ0n) is 25.3. The van der Waals surface area contributed by atoms with Crippen molar-refractivity contribution in [3.05, 3.63) is 145 Å². The molecule has 0 aliphatic heterocycles. The van der Waals surface area contributed by atoms with E-state index in [2.05, 4.69) is 91.0 Å². The molecule has 0 saturated carbocycles. The van der Waals surface area contributed by atoms with Crippen molar-refractivity contribution in [2.45, 2.75) is 26.2 Å². The van der Waals surface area contributed by atoms with E-state index >= 15 is 0 Å². The van der Waals surface area contributed by atoms with Gasteiger partial charge >= 0.3 is 0 Å². The summed E-state index contributed by atoms with van der Waals surface area (Å²) in [6.45, 7) is 6.67. The maximum absolute atomic E-state index is 11.2. The summed E-state index contributed by atoms with van der Waals surface area (Å²) in [6, 6.07) is 46.4. The molecule has 0 unspecified atom stereocenters. The molecular formula is C40H32N3OPt-. The largest absolute Gasteiger partial charge is 0.507 e. The van der Waals surface area contributed by atoms with Crippen LogP contribution in [-0.2, 0) is 26.5 Å². The molecule has 224 valence electrons. The van der Waals surface area contributed by atoms with Crippen molar-refractivity contribution in [1.29, 1.82) is 0 Å². The summed E-state index contributed by atoms with van der Waals surface area (Å²) >= 11 is 0. The van der Waals surface area contributed by atoms with Crippen molar-refractivity contribution < 1.29 is 26.2 Å². The molecule has 2 aromatic heterocycles. The standard InChI is InChI=1S/C40H32N3O.Pt/c1-40(2,3)31-24-29(23-30(25-31)35-18-10-11-22-41-35)33-17-12-19-36-38(33)42-39(43(36)32-15-8-5-9-16-32)34-26-28(20-21-37(34)44)27-13-6-4-7-14-27;/h4-22,24-26,44H,1-3H3;/q-1;. The van der Waals surface area contributed by atoms with Crippen molar-refractivity contribution in [1.82, 2.24) is 14.5 Å². The summed E-state index contributed by atoms with van der Waals surface area (Å²) in [5.74, 6) is 0.850. The van der Waals surface area contributed by atoms with E-state index in [1.165, 1.54) is 5.56 Å². The molecule has 45 heavy (non-hydrogen) atoms. The van der Waals surface area contributed by atoms with Gasteiger partial charge in [0, 0.05) is 38.6 Å². The van der Waals surface area contributed by atoms with Gasteiger partial charge in [-0.05, 0) is 52.9 Å². The molecule has 0 fully saturated rings. The summed E-state index contributed by atoms with van der Waals surface area (Å²) in [5, 5.41) is 11.2. The van der Waals surface area contributed by atoms with Crippen molar-refractivity contribution in [2.75, 3.05) is 0 Å². The number of hydrogen-bond acceptors (Lipinski definition) is 3. The number of benzene rings is 5. The predicted molar refractivity (Wildman–Crippen MR) is 180 cm³/mol. The summed E-state index contributed by atoms with van der Waals surface area (Å²) in [5.41, 5.74) is 10.4. The van der Waals surface area contributed by atoms with Crippen LogP contribution in [0.25, 0.3) is 61.6 Å². The average molecular weight is 766 g/mol. The molecule has 0 aliphatic rings. The third-order valence-corrected chi connectivity index (χ3v) is 8.01. The minimum Gasteiger partial charge on any atom is -0.507 e. The van der Waals surface area contributed by atoms with Gasteiger partial charge in [-0.3, -0.25) is 9.55 Å². The van der Waals surface area contributed by atoms with E-state index in [1.807, 2.05) is 72.9 Å². The molecule has 4 nitrogen and oxygen atoms in total. The Balaban J connectivity index is 0.00000357. The quantitative estimate of drug-likeness (QED) is 0.178. The summed E-state index contributed by atoms with van der Waals surface area (Å²) in [7, 11) is 0. The molecule has 2 heterocycles. The third kappa shape index (κ3) is 5.86. The number of pyridine rings is 1. The SMILES string of the molecule is CC(C)(C)c1cc(-c2ccccn2)[c-]c(-c2cccc3c2nc(-c2cc(-c4ccccc4)ccc2O)n3-c2ccccc2)c1.[Pt]. The predicted octanol–water partition coefficient (Wildman–Crippen LogP) is 9.89. The van der Waals surface area contributed by atoms with Crippen molar-refractivity contribution >= 4 is 11.0 Å². The Bertz CT molecular complexity index is 2100. The van der Waals surface area contributed by atoms with Crippen molar-refractivity contribution in [3.63, 3.8) is 0 Å². The van der Waals surface area contributed by atoms with E-state index in [1.54, 1.807) is 6.07 Å². The van der Waals surface area contributed by atoms with Crippen LogP contribution >= 0.6 is 0 Å². The van der Waals surface area contributed by atoms with Crippen LogP contribution in [0.1, 0.15) is 26.3 Å². The summed E-state index contributed by atoms with van der Waals surface area (Å²) in [4.78, 5) is 9.92. The average Bonchev–Trinajstić information content (AvgIpc) is 3.45. The van der Waals surface area contributed by atoms with E-state index in [9.17, 15) is 5.11 Å². The Kier molecular flexibility index (Phi) is 8.27. The molecule has 0 radical (unpaired) electrons. The maximum Gasteiger partial charge on any atom is 0.148 e. The van der Waals surface area contributed by atoms with Crippen LogP contribution in [0, 0.1) is 6.07 Å². The Hall–Kier alpha value is -4.79. The minimum atomic E-state index is -0.0838. The van der Waals surface area contributed by atoms with Gasteiger partial charge in [0.2, 0.25) is 0 Å². The number of nitrogens with zero attached hydrogens (tertiary/aromatic N) is 3. The van der Waals surface area contributed by atoms with Gasteiger partial charge in [0.15, 0.2) is 0 Å². The van der Waals surface area contributed by atoms with E-state index in [0.29, 0.717) is 11.4 Å². The number of aromatic nitrogens is 3. The second-order valence-corrected chi connectivity index (χ2v) is 12.0. The molecule has 0 spiro atoms. The molecule has 7 rings (SSSR count). The zero-order chi connectivity index (χ0) is 30.3. The first-order valence-electron chi connectivity index (χ1n) is 14.8. The fourth-order valence-electron chi connectivity index (χ4n) is 5.67. The summed E-state index contributed by atoms with van der Waals surface area (Å²) < 4.78 is 2.13. The Morgan fingerprint density at radius 3 is 2.09 bits per heavy atom. The molecule has 0 atom stereocenters. The first-order chi connectivity index (χ1) is 21.4. The van der Waals surface area contributed by atoms with Crippen LogP contribution in [0.2, 0.25) is 0 Å². The monoisotopic (exact) mass is 765 g/mol. The van der Waals surface area contributed by atoms with E-state index in [4.69, 9.17) is 4.98 Å². The fourth-order valence-corrected chi connectivity index (χ4v) is 5.67. The molecule has 5 aromatic carbocycles. The number of phenolic OH excluding ortho intramolecular Hbond substituents is 1. The molecule has 7 aromatic rings. The normalized spacial score (nSPS) is 11.4. The second-order valence-electron chi connectivity index (χ2n) is 12.0. The van der Waals surface area contributed by atoms with Crippen LogP contribution in [0.15, 0.2) is 134 Å². The number of hydrogen-bond donors (Lipinski definition) is 1. The number of phenols is 1. The first-order valence-corrected chi connectivity index (χ1v) is 14.8. The van der Waals surface area contributed by atoms with Crippen LogP contribution < -0.4 is 0 Å². The summed E-state index contributed by atoms with van der Waals surface area (Å²) in [6.07, 6.45) is 1.82. The molecule has 0 bridgehead atoms. The van der Waals surface area contributed by atoms with Crippen LogP contribution in [-0.4, -0.2) is 19.6 Å². The van der Waals surface area contributed by atoms with Gasteiger partial charge in [-0.25, -0.2) is 4.98 Å². The topological polar surface area (TPSA) is 50.9 Å². The Morgan fingerprint density at radius 1 is 0.667 bits per heavy atom. The number of imidazole rings is 1. The van der Waals surface area contributed by atoms with Crippen LogP contribution in [0.3, 0.4) is 0 Å². The van der Waals surface area contributed by atoms with Crippen molar-refractivity contribution in [3.8, 4) is 56.3 Å². The number of rotatable bonds is 5. The molecule has 0 amide bonds. The first kappa shape index (κ1) is 30.2. The van der Waals surface area contributed by atoms with E-state index in [-0.39, 0.29) is 32.2 Å². The number of fused-ring (bicyclic) bond motifs is 1. The van der Waals surface area contributed by atoms with Gasteiger partial charge < -0.3 is 5.11 Å². The van der Waals surface area contributed by atoms with Gasteiger partial charge in [-0.1, -0.05) is 111 Å².